The highest BCUT2D eigenvalue weighted by atomic mass is 19.3. The lowest BCUT2D eigenvalue weighted by atomic mass is 10.2. The lowest BCUT2D eigenvalue weighted by molar-refractivity contribution is -0.0523. The van der Waals surface area contributed by atoms with E-state index in [0.717, 1.165) is 12.1 Å². The van der Waals surface area contributed by atoms with Crippen molar-refractivity contribution in [2.75, 3.05) is 5.73 Å². The smallest absolute Gasteiger partial charge is 0.387 e. The molecule has 19 heavy (non-hydrogen) atoms. The van der Waals surface area contributed by atoms with Crippen molar-refractivity contribution < 1.29 is 27.1 Å². The average molecular weight is 273 g/mol. The number of alkyl halides is 2. The number of furan rings is 1. The standard InChI is InChI=1S/C12H10F3NO3/c13-8-4-9(16)11(5-10(8)19-12(14)15)18-6-7-2-1-3-17-7/h1-5,12H,6,16H2. The Morgan fingerprint density at radius 2 is 2.05 bits per heavy atom. The van der Waals surface area contributed by atoms with Crippen LogP contribution < -0.4 is 15.2 Å². The van der Waals surface area contributed by atoms with Crippen LogP contribution in [0.25, 0.3) is 0 Å². The Bertz CT molecular complexity index is 543. The third-order valence-electron chi connectivity index (χ3n) is 2.23. The molecule has 7 heteroatoms. The fraction of sp³-hybridized carbons (Fsp3) is 0.167. The van der Waals surface area contributed by atoms with Crippen LogP contribution in [0.4, 0.5) is 18.9 Å². The van der Waals surface area contributed by atoms with E-state index in [1.165, 1.54) is 6.26 Å². The predicted octanol–water partition coefficient (Wildman–Crippen LogP) is 3.18. The molecule has 102 valence electrons. The Morgan fingerprint density at radius 1 is 1.26 bits per heavy atom. The van der Waals surface area contributed by atoms with Crippen molar-refractivity contribution in [2.45, 2.75) is 13.2 Å². The molecular formula is C12H10F3NO3. The Morgan fingerprint density at radius 3 is 2.68 bits per heavy atom. The third-order valence-corrected chi connectivity index (χ3v) is 2.23. The van der Waals surface area contributed by atoms with Crippen molar-refractivity contribution in [1.82, 2.24) is 0 Å². The van der Waals surface area contributed by atoms with E-state index in [2.05, 4.69) is 4.74 Å². The summed E-state index contributed by atoms with van der Waals surface area (Å²) in [6, 6.07) is 5.16. The molecule has 4 nitrogen and oxygen atoms in total. The number of anilines is 1. The fourth-order valence-electron chi connectivity index (χ4n) is 1.41. The van der Waals surface area contributed by atoms with Crippen molar-refractivity contribution in [3.8, 4) is 11.5 Å². The van der Waals surface area contributed by atoms with E-state index >= 15 is 0 Å². The van der Waals surface area contributed by atoms with Gasteiger partial charge in [-0.1, -0.05) is 0 Å². The maximum atomic E-state index is 13.3. The second kappa shape index (κ2) is 5.55. The molecule has 0 spiro atoms. The van der Waals surface area contributed by atoms with Gasteiger partial charge in [0.15, 0.2) is 11.6 Å². The quantitative estimate of drug-likeness (QED) is 0.850. The third kappa shape index (κ3) is 3.34. The van der Waals surface area contributed by atoms with Gasteiger partial charge in [-0.3, -0.25) is 0 Å². The maximum absolute atomic E-state index is 13.3. The van der Waals surface area contributed by atoms with E-state index in [-0.39, 0.29) is 18.0 Å². The monoisotopic (exact) mass is 273 g/mol. The van der Waals surface area contributed by atoms with Crippen molar-refractivity contribution in [1.29, 1.82) is 0 Å². The summed E-state index contributed by atoms with van der Waals surface area (Å²) < 4.78 is 51.7. The summed E-state index contributed by atoms with van der Waals surface area (Å²) in [7, 11) is 0. The number of hydrogen-bond acceptors (Lipinski definition) is 4. The molecular weight excluding hydrogens is 263 g/mol. The minimum Gasteiger partial charge on any atom is -0.483 e. The van der Waals surface area contributed by atoms with Crippen molar-refractivity contribution in [3.05, 3.63) is 42.1 Å². The molecule has 0 aliphatic carbocycles. The molecule has 1 heterocycles. The van der Waals surface area contributed by atoms with Gasteiger partial charge in [0.2, 0.25) is 0 Å². The fourth-order valence-corrected chi connectivity index (χ4v) is 1.41. The zero-order valence-electron chi connectivity index (χ0n) is 9.61. The van der Waals surface area contributed by atoms with E-state index < -0.39 is 18.2 Å². The molecule has 0 aliphatic rings. The predicted molar refractivity (Wildman–Crippen MR) is 60.5 cm³/mol. The average Bonchev–Trinajstić information content (AvgIpc) is 2.83. The molecule has 0 saturated carbocycles. The van der Waals surface area contributed by atoms with E-state index in [1.807, 2.05) is 0 Å². The zero-order valence-corrected chi connectivity index (χ0v) is 9.61. The van der Waals surface area contributed by atoms with Gasteiger partial charge in [0.25, 0.3) is 0 Å². The Kier molecular flexibility index (Phi) is 3.84. The van der Waals surface area contributed by atoms with E-state index in [4.69, 9.17) is 14.9 Å². The zero-order chi connectivity index (χ0) is 13.8. The molecule has 0 aliphatic heterocycles. The minimum absolute atomic E-state index is 0.0225. The Labute approximate surface area is 106 Å². The van der Waals surface area contributed by atoms with Crippen LogP contribution >= 0.6 is 0 Å². The second-order valence-corrected chi connectivity index (χ2v) is 3.57. The Hall–Kier alpha value is -2.31. The number of halogens is 3. The number of hydrogen-bond donors (Lipinski definition) is 1. The molecule has 2 aromatic rings. The highest BCUT2D eigenvalue weighted by Crippen LogP contribution is 2.31. The summed E-state index contributed by atoms with van der Waals surface area (Å²) in [5.74, 6) is -1.06. The summed E-state index contributed by atoms with van der Waals surface area (Å²) in [4.78, 5) is 0. The topological polar surface area (TPSA) is 57.6 Å². The number of nitrogens with two attached hydrogens (primary N) is 1. The summed E-state index contributed by atoms with van der Waals surface area (Å²) in [6.07, 6.45) is 1.46. The van der Waals surface area contributed by atoms with Crippen LogP contribution in [0.15, 0.2) is 34.9 Å². The van der Waals surface area contributed by atoms with E-state index in [9.17, 15) is 13.2 Å². The molecule has 0 radical (unpaired) electrons. The first kappa shape index (κ1) is 13.1. The van der Waals surface area contributed by atoms with Crippen LogP contribution in [-0.2, 0) is 6.61 Å². The van der Waals surface area contributed by atoms with Gasteiger partial charge in [-0.15, -0.1) is 0 Å². The van der Waals surface area contributed by atoms with Crippen LogP contribution in [0.2, 0.25) is 0 Å². The van der Waals surface area contributed by atoms with Gasteiger partial charge in [0, 0.05) is 12.1 Å². The number of benzene rings is 1. The van der Waals surface area contributed by atoms with Crippen molar-refractivity contribution >= 4 is 5.69 Å². The summed E-state index contributed by atoms with van der Waals surface area (Å²) in [5, 5.41) is 0. The van der Waals surface area contributed by atoms with Gasteiger partial charge in [-0.05, 0) is 12.1 Å². The number of nitrogen functional groups attached to an aromatic ring is 1. The van der Waals surface area contributed by atoms with Gasteiger partial charge in [0.05, 0.1) is 12.0 Å². The molecule has 0 bridgehead atoms. The van der Waals surface area contributed by atoms with Gasteiger partial charge < -0.3 is 19.6 Å². The van der Waals surface area contributed by atoms with Gasteiger partial charge in [0.1, 0.15) is 18.1 Å². The van der Waals surface area contributed by atoms with E-state index in [0.29, 0.717) is 5.76 Å². The molecule has 0 unspecified atom stereocenters. The molecule has 0 saturated heterocycles. The van der Waals surface area contributed by atoms with Gasteiger partial charge >= 0.3 is 6.61 Å². The Balaban J connectivity index is 2.15. The first-order valence-corrected chi connectivity index (χ1v) is 5.25. The second-order valence-electron chi connectivity index (χ2n) is 3.57. The van der Waals surface area contributed by atoms with Crippen molar-refractivity contribution in [3.63, 3.8) is 0 Å². The van der Waals surface area contributed by atoms with Crippen LogP contribution in [0.3, 0.4) is 0 Å². The first-order chi connectivity index (χ1) is 9.06. The molecule has 0 fully saturated rings. The maximum Gasteiger partial charge on any atom is 0.387 e. The molecule has 0 atom stereocenters. The highest BCUT2D eigenvalue weighted by molar-refractivity contribution is 5.56. The lowest BCUT2D eigenvalue weighted by Crippen LogP contribution is -2.05. The molecule has 2 N–H and O–H groups in total. The SMILES string of the molecule is Nc1cc(F)c(OC(F)F)cc1OCc1ccco1. The van der Waals surface area contributed by atoms with Crippen LogP contribution in [0, 0.1) is 5.82 Å². The van der Waals surface area contributed by atoms with Crippen LogP contribution in [0.5, 0.6) is 11.5 Å². The molecule has 1 aromatic carbocycles. The molecule has 0 amide bonds. The number of rotatable bonds is 5. The lowest BCUT2D eigenvalue weighted by Gasteiger charge is -2.11. The van der Waals surface area contributed by atoms with Crippen molar-refractivity contribution in [2.24, 2.45) is 0 Å². The summed E-state index contributed by atoms with van der Waals surface area (Å²) in [6.45, 7) is -3.09. The minimum atomic E-state index is -3.13. The van der Waals surface area contributed by atoms with Gasteiger partial charge in [-0.25, -0.2) is 4.39 Å². The van der Waals surface area contributed by atoms with E-state index in [1.54, 1.807) is 12.1 Å². The summed E-state index contributed by atoms with van der Waals surface area (Å²) in [5.41, 5.74) is 5.50. The highest BCUT2D eigenvalue weighted by Gasteiger charge is 2.14. The van der Waals surface area contributed by atoms with Gasteiger partial charge in [-0.2, -0.15) is 8.78 Å². The number of ether oxygens (including phenoxy) is 2. The normalized spacial score (nSPS) is 10.7. The molecule has 2 rings (SSSR count). The summed E-state index contributed by atoms with van der Waals surface area (Å²) >= 11 is 0. The van der Waals surface area contributed by atoms with Crippen LogP contribution in [0.1, 0.15) is 5.76 Å². The molecule has 1 aromatic heterocycles. The van der Waals surface area contributed by atoms with Crippen LogP contribution in [-0.4, -0.2) is 6.61 Å². The largest absolute Gasteiger partial charge is 0.483 e. The first-order valence-electron chi connectivity index (χ1n) is 5.25.